The first kappa shape index (κ1) is 25.1. The molecule has 0 fully saturated rings. The number of pyridine rings is 2. The van der Waals surface area contributed by atoms with Crippen LogP contribution in [0.1, 0.15) is 40.3 Å². The molecule has 0 spiro atoms. The second kappa shape index (κ2) is 9.74. The second-order valence-electron chi connectivity index (χ2n) is 9.61. The monoisotopic (exact) mass is 516 g/mol. The van der Waals surface area contributed by atoms with E-state index in [4.69, 9.17) is 4.74 Å². The maximum absolute atomic E-state index is 13.8. The Morgan fingerprint density at radius 2 is 1.79 bits per heavy atom. The highest BCUT2D eigenvalue weighted by atomic mass is 16.5. The lowest BCUT2D eigenvalue weighted by molar-refractivity contribution is -0.140. The molecular weight excluding hydrogens is 488 g/mol. The van der Waals surface area contributed by atoms with E-state index in [0.717, 1.165) is 16.5 Å². The van der Waals surface area contributed by atoms with E-state index in [9.17, 15) is 29.7 Å². The zero-order valence-electron chi connectivity index (χ0n) is 21.1. The number of hydrogen-bond donors (Lipinski definition) is 3. The first-order valence-electron chi connectivity index (χ1n) is 12.4. The molecular formula is C29H28N2O7. The molecule has 9 nitrogen and oxygen atoms in total. The van der Waals surface area contributed by atoms with Crippen molar-refractivity contribution in [3.63, 3.8) is 0 Å². The Balaban J connectivity index is 1.64. The highest BCUT2D eigenvalue weighted by molar-refractivity contribution is 5.84. The molecule has 0 aliphatic carbocycles. The predicted molar refractivity (Wildman–Crippen MR) is 141 cm³/mol. The molecule has 3 N–H and O–H groups in total. The highest BCUT2D eigenvalue weighted by Crippen LogP contribution is 2.34. The van der Waals surface area contributed by atoms with E-state index in [1.807, 2.05) is 18.2 Å². The lowest BCUT2D eigenvalue weighted by Crippen LogP contribution is -2.32. The summed E-state index contributed by atoms with van der Waals surface area (Å²) in [6, 6.07) is 13.4. The molecule has 0 bridgehead atoms. The van der Waals surface area contributed by atoms with E-state index in [2.05, 4.69) is 0 Å². The van der Waals surface area contributed by atoms with Gasteiger partial charge in [-0.05, 0) is 60.5 Å². The topological polar surface area (TPSA) is 131 Å². The van der Waals surface area contributed by atoms with Crippen molar-refractivity contribution in [3.05, 3.63) is 97.2 Å². The van der Waals surface area contributed by atoms with Gasteiger partial charge in [-0.1, -0.05) is 24.3 Å². The summed E-state index contributed by atoms with van der Waals surface area (Å²) in [5, 5.41) is 31.2. The Kier molecular flexibility index (Phi) is 6.44. The number of hydrogen-bond acceptors (Lipinski definition) is 7. The average molecular weight is 517 g/mol. The molecule has 4 aromatic rings. The molecule has 1 atom stereocenters. The van der Waals surface area contributed by atoms with Crippen LogP contribution in [0.15, 0.2) is 58.1 Å². The number of aromatic nitrogens is 2. The maximum atomic E-state index is 13.8. The van der Waals surface area contributed by atoms with E-state index in [1.165, 1.54) is 29.9 Å². The SMILES string of the molecule is COC(=O)CC(c1c(O)cc(C)n(CCc2ccc(O)c(O)c2)c1=O)c1cc2cccc3c2n(c1=O)CC3. The lowest BCUT2D eigenvalue weighted by atomic mass is 9.88. The number of carbonyl (C=O) groups excluding carboxylic acids is 1. The number of para-hydroxylation sites is 1. The van der Waals surface area contributed by atoms with Crippen molar-refractivity contribution < 1.29 is 24.9 Å². The number of esters is 1. The van der Waals surface area contributed by atoms with Gasteiger partial charge in [-0.3, -0.25) is 14.4 Å². The number of phenolic OH excluding ortho intramolecular Hbond substituents is 2. The number of aryl methyl sites for hydroxylation is 4. The molecule has 3 heterocycles. The van der Waals surface area contributed by atoms with Crippen molar-refractivity contribution in [1.29, 1.82) is 0 Å². The Morgan fingerprint density at radius 3 is 2.53 bits per heavy atom. The summed E-state index contributed by atoms with van der Waals surface area (Å²) in [7, 11) is 1.23. The minimum Gasteiger partial charge on any atom is -0.507 e. The Hall–Kier alpha value is -4.53. The van der Waals surface area contributed by atoms with Gasteiger partial charge in [0.25, 0.3) is 11.1 Å². The summed E-state index contributed by atoms with van der Waals surface area (Å²) in [6.07, 6.45) is 0.772. The van der Waals surface area contributed by atoms with Crippen LogP contribution >= 0.6 is 0 Å². The summed E-state index contributed by atoms with van der Waals surface area (Å²) < 4.78 is 8.04. The molecule has 0 amide bonds. The van der Waals surface area contributed by atoms with Gasteiger partial charge in [0.1, 0.15) is 5.75 Å². The van der Waals surface area contributed by atoms with Crippen molar-refractivity contribution in [2.24, 2.45) is 0 Å². The lowest BCUT2D eigenvalue weighted by Gasteiger charge is -2.21. The number of ether oxygens (including phenoxy) is 1. The van der Waals surface area contributed by atoms with Crippen molar-refractivity contribution >= 4 is 16.9 Å². The summed E-state index contributed by atoms with van der Waals surface area (Å²) >= 11 is 0. The molecule has 0 saturated carbocycles. The zero-order chi connectivity index (χ0) is 27.1. The van der Waals surface area contributed by atoms with Gasteiger partial charge >= 0.3 is 5.97 Å². The molecule has 0 radical (unpaired) electrons. The predicted octanol–water partition coefficient (Wildman–Crippen LogP) is 3.08. The summed E-state index contributed by atoms with van der Waals surface area (Å²) in [5.41, 5.74) is 2.47. The number of carbonyl (C=O) groups is 1. The van der Waals surface area contributed by atoms with E-state index in [-0.39, 0.29) is 46.9 Å². The van der Waals surface area contributed by atoms with Gasteiger partial charge in [0.2, 0.25) is 0 Å². The number of aromatic hydroxyl groups is 3. The number of benzene rings is 2. The fourth-order valence-corrected chi connectivity index (χ4v) is 5.40. The van der Waals surface area contributed by atoms with Crippen molar-refractivity contribution in [2.45, 2.75) is 45.2 Å². The highest BCUT2D eigenvalue weighted by Gasteiger charge is 2.30. The first-order valence-corrected chi connectivity index (χ1v) is 12.4. The van der Waals surface area contributed by atoms with Gasteiger partial charge in [-0.2, -0.15) is 0 Å². The van der Waals surface area contributed by atoms with Gasteiger partial charge in [-0.15, -0.1) is 0 Å². The van der Waals surface area contributed by atoms with E-state index in [1.54, 1.807) is 23.6 Å². The van der Waals surface area contributed by atoms with Gasteiger partial charge in [-0.25, -0.2) is 0 Å². The van der Waals surface area contributed by atoms with E-state index < -0.39 is 17.4 Å². The third-order valence-corrected chi connectivity index (χ3v) is 7.34. The quantitative estimate of drug-likeness (QED) is 0.254. The molecule has 0 saturated heterocycles. The third kappa shape index (κ3) is 4.30. The Morgan fingerprint density at radius 1 is 1.00 bits per heavy atom. The molecule has 2 aromatic carbocycles. The largest absolute Gasteiger partial charge is 0.507 e. The van der Waals surface area contributed by atoms with Crippen LogP contribution in [0.5, 0.6) is 17.2 Å². The number of methoxy groups -OCH3 is 1. The summed E-state index contributed by atoms with van der Waals surface area (Å²) in [6.45, 7) is 2.39. The summed E-state index contributed by atoms with van der Waals surface area (Å²) in [5.74, 6) is -2.44. The van der Waals surface area contributed by atoms with Crippen LogP contribution in [0.4, 0.5) is 0 Å². The van der Waals surface area contributed by atoms with Gasteiger partial charge in [0, 0.05) is 30.3 Å². The van der Waals surface area contributed by atoms with Gasteiger partial charge in [0.15, 0.2) is 11.5 Å². The molecule has 5 rings (SSSR count). The maximum Gasteiger partial charge on any atom is 0.306 e. The standard InChI is InChI=1S/C29H28N2O7/c1-16-12-24(34)26(29(37)30(16)10-8-17-6-7-22(32)23(33)13-17)20(15-25(35)38-2)21-14-19-5-3-4-18-9-11-31(27(18)19)28(21)36/h3-7,12-14,20,32-34H,8-11,15H2,1-2H3. The number of rotatable bonds is 7. The van der Waals surface area contributed by atoms with E-state index in [0.29, 0.717) is 30.6 Å². The van der Waals surface area contributed by atoms with Crippen LogP contribution in [-0.4, -0.2) is 37.5 Å². The Labute approximate surface area is 217 Å². The van der Waals surface area contributed by atoms with Crippen LogP contribution in [0, 0.1) is 6.92 Å². The number of nitrogens with zero attached hydrogens (tertiary/aromatic N) is 2. The molecule has 196 valence electrons. The minimum atomic E-state index is -1.02. The fraction of sp³-hybridized carbons (Fsp3) is 0.276. The fourth-order valence-electron chi connectivity index (χ4n) is 5.40. The van der Waals surface area contributed by atoms with Crippen LogP contribution in [0.2, 0.25) is 0 Å². The van der Waals surface area contributed by atoms with Crippen LogP contribution in [0.3, 0.4) is 0 Å². The average Bonchev–Trinajstić information content (AvgIpc) is 3.33. The summed E-state index contributed by atoms with van der Waals surface area (Å²) in [4.78, 5) is 40.0. The van der Waals surface area contributed by atoms with Crippen molar-refractivity contribution in [2.75, 3.05) is 7.11 Å². The third-order valence-electron chi connectivity index (χ3n) is 7.34. The molecule has 2 aromatic heterocycles. The zero-order valence-corrected chi connectivity index (χ0v) is 21.1. The van der Waals surface area contributed by atoms with Crippen molar-refractivity contribution in [1.82, 2.24) is 9.13 Å². The molecule has 1 unspecified atom stereocenters. The number of phenols is 2. The van der Waals surface area contributed by atoms with Crippen LogP contribution in [-0.2, 0) is 35.5 Å². The van der Waals surface area contributed by atoms with Crippen LogP contribution in [0.25, 0.3) is 10.9 Å². The smallest absolute Gasteiger partial charge is 0.306 e. The Bertz CT molecular complexity index is 1700. The van der Waals surface area contributed by atoms with Gasteiger partial charge < -0.3 is 29.2 Å². The van der Waals surface area contributed by atoms with E-state index >= 15 is 0 Å². The molecule has 1 aliphatic rings. The molecule has 1 aliphatic heterocycles. The normalized spacial score (nSPS) is 13.1. The van der Waals surface area contributed by atoms with Crippen LogP contribution < -0.4 is 11.1 Å². The second-order valence-corrected chi connectivity index (χ2v) is 9.61. The minimum absolute atomic E-state index is 0.0482. The molecule has 9 heteroatoms. The van der Waals surface area contributed by atoms with Gasteiger partial charge in [0.05, 0.1) is 24.6 Å². The first-order chi connectivity index (χ1) is 18.2. The molecule has 38 heavy (non-hydrogen) atoms. The van der Waals surface area contributed by atoms with Crippen molar-refractivity contribution in [3.8, 4) is 17.2 Å².